The zero-order chi connectivity index (χ0) is 19.4. The third-order valence-electron chi connectivity index (χ3n) is 9.49. The van der Waals surface area contributed by atoms with Crippen LogP contribution in [0.15, 0.2) is 12.2 Å². The lowest BCUT2D eigenvalue weighted by atomic mass is 9.46. The fourth-order valence-electron chi connectivity index (χ4n) is 7.91. The second-order valence-corrected chi connectivity index (χ2v) is 10.6. The minimum Gasteiger partial charge on any atom is -0.481 e. The molecule has 4 aliphatic carbocycles. The van der Waals surface area contributed by atoms with Crippen molar-refractivity contribution in [1.29, 1.82) is 0 Å². The van der Waals surface area contributed by atoms with Gasteiger partial charge in [-0.2, -0.15) is 0 Å². The van der Waals surface area contributed by atoms with Gasteiger partial charge in [0.2, 0.25) is 0 Å². The summed E-state index contributed by atoms with van der Waals surface area (Å²) < 4.78 is 0. The molecule has 1 N–H and O–H groups in total. The van der Waals surface area contributed by atoms with E-state index in [4.69, 9.17) is 5.11 Å². The summed E-state index contributed by atoms with van der Waals surface area (Å²) in [5, 5.41) is 9.08. The molecule has 8 atom stereocenters. The number of hydrogen-bond acceptors (Lipinski definition) is 2. The van der Waals surface area contributed by atoms with Crippen molar-refractivity contribution in [3.05, 3.63) is 12.2 Å². The Labute approximate surface area is 164 Å². The van der Waals surface area contributed by atoms with Crippen LogP contribution in [0.2, 0.25) is 0 Å². The topological polar surface area (TPSA) is 54.4 Å². The van der Waals surface area contributed by atoms with Gasteiger partial charge in [-0.15, -0.1) is 0 Å². The molecule has 4 rings (SSSR count). The Hall–Kier alpha value is -1.12. The van der Waals surface area contributed by atoms with Crippen molar-refractivity contribution in [3.63, 3.8) is 0 Å². The summed E-state index contributed by atoms with van der Waals surface area (Å²) in [4.78, 5) is 23.0. The average molecular weight is 373 g/mol. The summed E-state index contributed by atoms with van der Waals surface area (Å²) in [6, 6.07) is 0. The lowest BCUT2D eigenvalue weighted by Crippen LogP contribution is -2.51. The summed E-state index contributed by atoms with van der Waals surface area (Å²) in [5.41, 5.74) is 0.536. The third-order valence-corrected chi connectivity index (χ3v) is 9.49. The monoisotopic (exact) mass is 372 g/mol. The number of fused-ring (bicyclic) bond motifs is 5. The SMILES string of the molecule is C[C@H](CCC(=O)O)[C@H]1CC[C@H]2[C@H]3CC[C@@H]4CC(=O)CC[C@]4(C)[C@@H]3C=C[C@]12C. The van der Waals surface area contributed by atoms with E-state index < -0.39 is 5.97 Å². The van der Waals surface area contributed by atoms with Crippen molar-refractivity contribution >= 4 is 11.8 Å². The number of aliphatic carboxylic acids is 1. The Morgan fingerprint density at radius 3 is 2.78 bits per heavy atom. The molecule has 3 nitrogen and oxygen atoms in total. The molecule has 0 aromatic rings. The van der Waals surface area contributed by atoms with Crippen LogP contribution in [0.4, 0.5) is 0 Å². The third kappa shape index (κ3) is 3.00. The van der Waals surface area contributed by atoms with Gasteiger partial charge in [-0.25, -0.2) is 0 Å². The fourth-order valence-corrected chi connectivity index (χ4v) is 7.91. The molecule has 3 saturated carbocycles. The molecule has 0 amide bonds. The van der Waals surface area contributed by atoms with E-state index in [-0.39, 0.29) is 5.41 Å². The van der Waals surface area contributed by atoms with Crippen molar-refractivity contribution in [3.8, 4) is 0 Å². The molecule has 0 aromatic heterocycles. The molecule has 0 aromatic carbocycles. The van der Waals surface area contributed by atoms with E-state index in [1.54, 1.807) is 0 Å². The molecule has 0 spiro atoms. The zero-order valence-electron chi connectivity index (χ0n) is 17.2. The largest absolute Gasteiger partial charge is 0.481 e. The molecule has 3 fully saturated rings. The first-order valence-electron chi connectivity index (χ1n) is 11.2. The van der Waals surface area contributed by atoms with Crippen LogP contribution in [0.25, 0.3) is 0 Å². The molecule has 3 heteroatoms. The molecule has 150 valence electrons. The van der Waals surface area contributed by atoms with E-state index in [0.717, 1.165) is 37.5 Å². The number of ketones is 1. The van der Waals surface area contributed by atoms with Gasteiger partial charge in [-0.3, -0.25) is 9.59 Å². The highest BCUT2D eigenvalue weighted by molar-refractivity contribution is 5.79. The van der Waals surface area contributed by atoms with Crippen molar-refractivity contribution in [2.45, 2.75) is 78.6 Å². The molecule has 4 aliphatic rings. The quantitative estimate of drug-likeness (QED) is 0.664. The van der Waals surface area contributed by atoms with Crippen LogP contribution in [0, 0.1) is 46.3 Å². The first kappa shape index (κ1) is 19.2. The summed E-state index contributed by atoms with van der Waals surface area (Å²) in [5.74, 6) is 3.60. The van der Waals surface area contributed by atoms with E-state index in [1.807, 2.05) is 0 Å². The van der Waals surface area contributed by atoms with Crippen LogP contribution in [0.1, 0.15) is 78.6 Å². The highest BCUT2D eigenvalue weighted by Gasteiger charge is 2.58. The van der Waals surface area contributed by atoms with Crippen LogP contribution in [0.5, 0.6) is 0 Å². The summed E-state index contributed by atoms with van der Waals surface area (Å²) in [7, 11) is 0. The molecule has 0 heterocycles. The maximum absolute atomic E-state index is 12.0. The average Bonchev–Trinajstić information content (AvgIpc) is 2.97. The molecule has 0 unspecified atom stereocenters. The summed E-state index contributed by atoms with van der Waals surface area (Å²) in [6.07, 6.45) is 13.9. The van der Waals surface area contributed by atoms with Crippen molar-refractivity contribution in [2.24, 2.45) is 46.3 Å². The van der Waals surface area contributed by atoms with Crippen LogP contribution in [0.3, 0.4) is 0 Å². The van der Waals surface area contributed by atoms with Gasteiger partial charge in [0, 0.05) is 19.3 Å². The lowest BCUT2D eigenvalue weighted by molar-refractivity contribution is -0.137. The number of rotatable bonds is 4. The zero-order valence-corrected chi connectivity index (χ0v) is 17.2. The maximum Gasteiger partial charge on any atom is 0.303 e. The van der Waals surface area contributed by atoms with E-state index in [9.17, 15) is 9.59 Å². The Morgan fingerprint density at radius 2 is 2.04 bits per heavy atom. The number of carboxylic acids is 1. The smallest absolute Gasteiger partial charge is 0.303 e. The summed E-state index contributed by atoms with van der Waals surface area (Å²) >= 11 is 0. The fraction of sp³-hybridized carbons (Fsp3) is 0.833. The minimum atomic E-state index is -0.668. The van der Waals surface area contributed by atoms with E-state index >= 15 is 0 Å². The number of hydrogen-bond donors (Lipinski definition) is 1. The molecule has 0 aliphatic heterocycles. The number of carbonyl (C=O) groups is 2. The first-order chi connectivity index (χ1) is 12.8. The maximum atomic E-state index is 12.0. The standard InChI is InChI=1S/C24H36O3/c1-15(4-9-22(26)27)19-7-8-20-18-6-5-16-14-17(25)10-12-23(16,2)21(18)11-13-24(19,20)3/h11,13,15-16,18-21H,4-10,12,14H2,1-3H3,(H,26,27)/t15-,16-,18-,19-,20+,21-,23+,24-/m1/s1. The number of carbonyl (C=O) groups excluding carboxylic acids is 1. The Kier molecular flexibility index (Phi) is 4.79. The van der Waals surface area contributed by atoms with Crippen molar-refractivity contribution < 1.29 is 14.7 Å². The summed E-state index contributed by atoms with van der Waals surface area (Å²) in [6.45, 7) is 7.19. The normalized spacial score (nSPS) is 47.1. The first-order valence-corrected chi connectivity index (χ1v) is 11.2. The van der Waals surface area contributed by atoms with Gasteiger partial charge in [0.05, 0.1) is 0 Å². The van der Waals surface area contributed by atoms with Crippen LogP contribution in [-0.4, -0.2) is 16.9 Å². The Bertz CT molecular complexity index is 652. The number of allylic oxidation sites excluding steroid dienone is 2. The van der Waals surface area contributed by atoms with Gasteiger partial charge in [0.25, 0.3) is 0 Å². The predicted octanol–water partition coefficient (Wildman–Crippen LogP) is 5.49. The highest BCUT2D eigenvalue weighted by atomic mass is 16.4. The van der Waals surface area contributed by atoms with Crippen molar-refractivity contribution in [2.75, 3.05) is 0 Å². The number of carboxylic acid groups (broad SMARTS) is 1. The van der Waals surface area contributed by atoms with Crippen LogP contribution < -0.4 is 0 Å². The minimum absolute atomic E-state index is 0.229. The molecule has 0 bridgehead atoms. The van der Waals surface area contributed by atoms with Gasteiger partial charge in [0.1, 0.15) is 5.78 Å². The van der Waals surface area contributed by atoms with Crippen LogP contribution >= 0.6 is 0 Å². The Balaban J connectivity index is 1.57. The molecular weight excluding hydrogens is 336 g/mol. The lowest BCUT2D eigenvalue weighted by Gasteiger charge is -2.58. The van der Waals surface area contributed by atoms with Gasteiger partial charge in [-0.1, -0.05) is 32.9 Å². The van der Waals surface area contributed by atoms with Crippen molar-refractivity contribution in [1.82, 2.24) is 0 Å². The molecule has 0 radical (unpaired) electrons. The second kappa shape index (κ2) is 6.74. The molecule has 27 heavy (non-hydrogen) atoms. The predicted molar refractivity (Wildman–Crippen MR) is 106 cm³/mol. The van der Waals surface area contributed by atoms with E-state index in [0.29, 0.717) is 41.3 Å². The van der Waals surface area contributed by atoms with E-state index in [1.165, 1.54) is 25.7 Å². The van der Waals surface area contributed by atoms with Gasteiger partial charge >= 0.3 is 5.97 Å². The molecular formula is C24H36O3. The van der Waals surface area contributed by atoms with Gasteiger partial charge < -0.3 is 5.11 Å². The number of Topliss-reactive ketones (excluding diaryl/α,β-unsaturated/α-hetero) is 1. The van der Waals surface area contributed by atoms with Gasteiger partial charge in [-0.05, 0) is 84.9 Å². The second-order valence-electron chi connectivity index (χ2n) is 10.6. The molecule has 0 saturated heterocycles. The Morgan fingerprint density at radius 1 is 1.26 bits per heavy atom. The van der Waals surface area contributed by atoms with Crippen LogP contribution in [-0.2, 0) is 9.59 Å². The van der Waals surface area contributed by atoms with E-state index in [2.05, 4.69) is 32.9 Å². The highest BCUT2D eigenvalue weighted by Crippen LogP contribution is 2.65. The van der Waals surface area contributed by atoms with Gasteiger partial charge in [0.15, 0.2) is 0 Å².